The lowest BCUT2D eigenvalue weighted by Crippen LogP contribution is -2.44. The lowest BCUT2D eigenvalue weighted by Gasteiger charge is -2.33. The van der Waals surface area contributed by atoms with Crippen LogP contribution in [0.25, 0.3) is 0 Å². The third kappa shape index (κ3) is 2.42. The molecule has 0 aromatic heterocycles. The zero-order chi connectivity index (χ0) is 11.5. The quantitative estimate of drug-likeness (QED) is 0.824. The first-order valence-corrected chi connectivity index (χ1v) is 5.89. The van der Waals surface area contributed by atoms with Crippen molar-refractivity contribution >= 4 is 0 Å². The minimum atomic E-state index is -0.136. The van der Waals surface area contributed by atoms with E-state index in [4.69, 9.17) is 0 Å². The van der Waals surface area contributed by atoms with Crippen molar-refractivity contribution in [2.75, 3.05) is 26.2 Å². The molecule has 1 N–H and O–H groups in total. The molecule has 1 aliphatic heterocycles. The van der Waals surface area contributed by atoms with Crippen molar-refractivity contribution in [3.05, 3.63) is 35.1 Å². The first-order valence-electron chi connectivity index (χ1n) is 5.89. The van der Waals surface area contributed by atoms with Crippen LogP contribution in [0.4, 0.5) is 4.39 Å². The summed E-state index contributed by atoms with van der Waals surface area (Å²) < 4.78 is 13.2. The molecule has 0 unspecified atom stereocenters. The van der Waals surface area contributed by atoms with Gasteiger partial charge in [0, 0.05) is 32.2 Å². The Hall–Kier alpha value is -0.930. The van der Waals surface area contributed by atoms with E-state index >= 15 is 0 Å². The highest BCUT2D eigenvalue weighted by molar-refractivity contribution is 5.29. The molecule has 16 heavy (non-hydrogen) atoms. The Labute approximate surface area is 96.5 Å². The van der Waals surface area contributed by atoms with Crippen LogP contribution in [-0.2, 0) is 0 Å². The highest BCUT2D eigenvalue weighted by atomic mass is 19.1. The molecule has 0 aliphatic carbocycles. The Morgan fingerprint density at radius 3 is 2.69 bits per heavy atom. The van der Waals surface area contributed by atoms with E-state index in [9.17, 15) is 4.39 Å². The second-order valence-corrected chi connectivity index (χ2v) is 4.46. The van der Waals surface area contributed by atoms with Gasteiger partial charge in [0.2, 0.25) is 0 Å². The largest absolute Gasteiger partial charge is 0.314 e. The Morgan fingerprint density at radius 1 is 1.31 bits per heavy atom. The van der Waals surface area contributed by atoms with Crippen molar-refractivity contribution in [3.63, 3.8) is 0 Å². The molecule has 2 rings (SSSR count). The van der Waals surface area contributed by atoms with E-state index in [-0.39, 0.29) is 5.82 Å². The predicted molar refractivity (Wildman–Crippen MR) is 64.0 cm³/mol. The summed E-state index contributed by atoms with van der Waals surface area (Å²) in [7, 11) is 0. The molecule has 1 atom stereocenters. The average Bonchev–Trinajstić information content (AvgIpc) is 2.32. The lowest BCUT2D eigenvalue weighted by atomic mass is 10.0. The number of benzene rings is 1. The number of hydrogen-bond acceptors (Lipinski definition) is 2. The van der Waals surface area contributed by atoms with Crippen LogP contribution in [0.2, 0.25) is 0 Å². The van der Waals surface area contributed by atoms with Crippen molar-refractivity contribution in [2.24, 2.45) is 0 Å². The minimum absolute atomic E-state index is 0.136. The van der Waals surface area contributed by atoms with Gasteiger partial charge in [-0.3, -0.25) is 4.90 Å². The molecule has 1 aromatic carbocycles. The van der Waals surface area contributed by atoms with Crippen LogP contribution in [0.1, 0.15) is 24.1 Å². The highest BCUT2D eigenvalue weighted by Gasteiger charge is 2.19. The van der Waals surface area contributed by atoms with Crippen LogP contribution >= 0.6 is 0 Å². The zero-order valence-corrected chi connectivity index (χ0v) is 9.96. The Balaban J connectivity index is 2.18. The van der Waals surface area contributed by atoms with Crippen LogP contribution in [0.15, 0.2) is 18.2 Å². The summed E-state index contributed by atoms with van der Waals surface area (Å²) in [6, 6.07) is 5.37. The van der Waals surface area contributed by atoms with Crippen molar-refractivity contribution < 1.29 is 4.39 Å². The van der Waals surface area contributed by atoms with E-state index < -0.39 is 0 Å². The van der Waals surface area contributed by atoms with Crippen molar-refractivity contribution in [1.82, 2.24) is 10.2 Å². The van der Waals surface area contributed by atoms with E-state index in [1.165, 1.54) is 11.6 Å². The normalized spacial score (nSPS) is 19.7. The number of nitrogens with one attached hydrogen (secondary N) is 1. The number of nitrogens with zero attached hydrogens (tertiary/aromatic N) is 1. The summed E-state index contributed by atoms with van der Waals surface area (Å²) in [5.74, 6) is -0.136. The first kappa shape index (κ1) is 11.6. The lowest BCUT2D eigenvalue weighted by molar-refractivity contribution is 0.185. The molecular formula is C13H19FN2. The second-order valence-electron chi connectivity index (χ2n) is 4.46. The smallest absolute Gasteiger partial charge is 0.123 e. The number of rotatable bonds is 2. The Kier molecular flexibility index (Phi) is 3.56. The molecule has 88 valence electrons. The topological polar surface area (TPSA) is 15.3 Å². The predicted octanol–water partition coefficient (Wildman–Crippen LogP) is 2.10. The zero-order valence-electron chi connectivity index (χ0n) is 9.96. The fourth-order valence-corrected chi connectivity index (χ4v) is 2.33. The van der Waals surface area contributed by atoms with Crippen molar-refractivity contribution in [2.45, 2.75) is 19.9 Å². The molecule has 2 nitrogen and oxygen atoms in total. The van der Waals surface area contributed by atoms with Gasteiger partial charge in [0.1, 0.15) is 5.82 Å². The Bertz CT molecular complexity index is 359. The molecule has 0 spiro atoms. The van der Waals surface area contributed by atoms with E-state index in [0.717, 1.165) is 31.7 Å². The van der Waals surface area contributed by atoms with Crippen LogP contribution < -0.4 is 5.32 Å². The van der Waals surface area contributed by atoms with E-state index in [1.54, 1.807) is 6.07 Å². The number of aryl methyl sites for hydroxylation is 1. The molecule has 1 saturated heterocycles. The molecule has 0 saturated carbocycles. The maximum atomic E-state index is 13.2. The standard InChI is InChI=1S/C13H19FN2/c1-10-3-4-12(14)9-13(10)11(2)16-7-5-15-6-8-16/h3-4,9,11,15H,5-8H2,1-2H3/t11-/m1/s1. The van der Waals surface area contributed by atoms with Crippen LogP contribution in [0, 0.1) is 12.7 Å². The van der Waals surface area contributed by atoms with Crippen LogP contribution in [0.5, 0.6) is 0 Å². The molecule has 1 aliphatic rings. The third-order valence-electron chi connectivity index (χ3n) is 3.39. The number of hydrogen-bond donors (Lipinski definition) is 1. The second kappa shape index (κ2) is 4.93. The van der Waals surface area contributed by atoms with Gasteiger partial charge in [0.15, 0.2) is 0 Å². The van der Waals surface area contributed by atoms with Gasteiger partial charge in [-0.25, -0.2) is 4.39 Å². The maximum absolute atomic E-state index is 13.2. The fraction of sp³-hybridized carbons (Fsp3) is 0.538. The summed E-state index contributed by atoms with van der Waals surface area (Å²) in [5, 5.41) is 3.33. The third-order valence-corrected chi connectivity index (χ3v) is 3.39. The van der Waals surface area contributed by atoms with Gasteiger partial charge in [-0.15, -0.1) is 0 Å². The SMILES string of the molecule is Cc1ccc(F)cc1[C@@H](C)N1CCNCC1. The molecule has 3 heteroatoms. The summed E-state index contributed by atoms with van der Waals surface area (Å²) in [5.41, 5.74) is 2.29. The van der Waals surface area contributed by atoms with Crippen LogP contribution in [0.3, 0.4) is 0 Å². The summed E-state index contributed by atoms with van der Waals surface area (Å²) in [4.78, 5) is 2.40. The van der Waals surface area contributed by atoms with Gasteiger partial charge >= 0.3 is 0 Å². The molecule has 1 fully saturated rings. The van der Waals surface area contributed by atoms with Gasteiger partial charge in [-0.1, -0.05) is 6.07 Å². The van der Waals surface area contributed by atoms with Crippen LogP contribution in [-0.4, -0.2) is 31.1 Å². The molecule has 0 bridgehead atoms. The molecular weight excluding hydrogens is 203 g/mol. The summed E-state index contributed by atoms with van der Waals surface area (Å²) in [6.45, 7) is 8.34. The number of halogens is 1. The van der Waals surface area contributed by atoms with Gasteiger partial charge in [-0.05, 0) is 37.1 Å². The van der Waals surface area contributed by atoms with E-state index in [0.29, 0.717) is 6.04 Å². The van der Waals surface area contributed by atoms with E-state index in [1.807, 2.05) is 13.0 Å². The fourth-order valence-electron chi connectivity index (χ4n) is 2.33. The molecule has 1 heterocycles. The monoisotopic (exact) mass is 222 g/mol. The van der Waals surface area contributed by atoms with Gasteiger partial charge in [0.25, 0.3) is 0 Å². The Morgan fingerprint density at radius 2 is 2.00 bits per heavy atom. The number of piperazine rings is 1. The minimum Gasteiger partial charge on any atom is -0.314 e. The average molecular weight is 222 g/mol. The van der Waals surface area contributed by atoms with Gasteiger partial charge in [-0.2, -0.15) is 0 Å². The molecule has 0 amide bonds. The van der Waals surface area contributed by atoms with Gasteiger partial charge in [0.05, 0.1) is 0 Å². The molecule has 1 aromatic rings. The molecule has 0 radical (unpaired) electrons. The van der Waals surface area contributed by atoms with E-state index in [2.05, 4.69) is 17.1 Å². The van der Waals surface area contributed by atoms with Crippen molar-refractivity contribution in [1.29, 1.82) is 0 Å². The summed E-state index contributed by atoms with van der Waals surface area (Å²) in [6.07, 6.45) is 0. The van der Waals surface area contributed by atoms with Crippen molar-refractivity contribution in [3.8, 4) is 0 Å². The highest BCUT2D eigenvalue weighted by Crippen LogP contribution is 2.24. The first-order chi connectivity index (χ1) is 7.68. The summed E-state index contributed by atoms with van der Waals surface area (Å²) >= 11 is 0. The maximum Gasteiger partial charge on any atom is 0.123 e. The van der Waals surface area contributed by atoms with Gasteiger partial charge < -0.3 is 5.32 Å².